The number of hydrogen-bond acceptors (Lipinski definition) is 3. The number of carbonyl (C=O) groups is 2. The maximum absolute atomic E-state index is 12.2. The number of aliphatic carboxylic acids is 1. The van der Waals surface area contributed by atoms with Gasteiger partial charge < -0.3 is 10.4 Å². The maximum atomic E-state index is 12.2. The average molecular weight is 277 g/mol. The lowest BCUT2D eigenvalue weighted by molar-refractivity contribution is -0.147. The first kappa shape index (κ1) is 12.4. The van der Waals surface area contributed by atoms with Gasteiger partial charge in [0, 0.05) is 6.54 Å². The average Bonchev–Trinajstić information content (AvgIpc) is 3.10. The second kappa shape index (κ2) is 4.81. The topological polar surface area (TPSA) is 66.4 Å². The number of thiophene rings is 1. The van der Waals surface area contributed by atoms with Gasteiger partial charge in [0.05, 0.1) is 11.8 Å². The van der Waals surface area contributed by atoms with Gasteiger partial charge in [-0.15, -0.1) is 0 Å². The molecule has 1 saturated carbocycles. The van der Waals surface area contributed by atoms with Crippen LogP contribution in [-0.2, 0) is 16.1 Å². The monoisotopic (exact) mass is 277 g/mol. The highest BCUT2D eigenvalue weighted by molar-refractivity contribution is 7.07. The van der Waals surface area contributed by atoms with Crippen LogP contribution < -0.4 is 5.32 Å². The van der Waals surface area contributed by atoms with Crippen molar-refractivity contribution in [2.45, 2.75) is 13.0 Å². The number of carbonyl (C=O) groups excluding carboxylic acids is 1. The van der Waals surface area contributed by atoms with Crippen LogP contribution >= 0.6 is 11.3 Å². The minimum Gasteiger partial charge on any atom is -0.481 e. The molecule has 2 aliphatic carbocycles. The van der Waals surface area contributed by atoms with Crippen LogP contribution in [-0.4, -0.2) is 17.0 Å². The van der Waals surface area contributed by atoms with Crippen LogP contribution in [0, 0.1) is 23.7 Å². The van der Waals surface area contributed by atoms with Crippen molar-refractivity contribution in [2.75, 3.05) is 0 Å². The molecule has 1 amide bonds. The summed E-state index contributed by atoms with van der Waals surface area (Å²) in [4.78, 5) is 23.6. The summed E-state index contributed by atoms with van der Waals surface area (Å²) in [5, 5.41) is 16.1. The fourth-order valence-corrected chi connectivity index (χ4v) is 3.89. The zero-order valence-corrected chi connectivity index (χ0v) is 11.1. The van der Waals surface area contributed by atoms with E-state index < -0.39 is 17.8 Å². The van der Waals surface area contributed by atoms with Crippen LogP contribution in [0.1, 0.15) is 12.0 Å². The minimum atomic E-state index is -0.854. The Morgan fingerprint density at radius 3 is 2.68 bits per heavy atom. The standard InChI is InChI=1S/C14H15NO3S/c16-13(15-6-8-3-4-19-7-8)11-9-1-2-10(5-9)12(11)14(17)18/h1-4,7,9-12H,5-6H2,(H,15,16)(H,17,18). The molecule has 0 spiro atoms. The van der Waals surface area contributed by atoms with Gasteiger partial charge in [-0.05, 0) is 40.6 Å². The smallest absolute Gasteiger partial charge is 0.307 e. The van der Waals surface area contributed by atoms with Gasteiger partial charge in [0.1, 0.15) is 0 Å². The SMILES string of the molecule is O=C(O)C1C2C=CC(C2)C1C(=O)NCc1ccsc1. The molecule has 2 aliphatic rings. The quantitative estimate of drug-likeness (QED) is 0.826. The summed E-state index contributed by atoms with van der Waals surface area (Å²) >= 11 is 1.58. The summed E-state index contributed by atoms with van der Waals surface area (Å²) in [6, 6.07) is 1.96. The highest BCUT2D eigenvalue weighted by Crippen LogP contribution is 2.48. The van der Waals surface area contributed by atoms with Crippen molar-refractivity contribution in [1.82, 2.24) is 5.32 Å². The molecular formula is C14H15NO3S. The Hall–Kier alpha value is -1.62. The van der Waals surface area contributed by atoms with E-state index in [1.165, 1.54) is 0 Å². The van der Waals surface area contributed by atoms with Crippen LogP contribution in [0.3, 0.4) is 0 Å². The zero-order chi connectivity index (χ0) is 13.4. The lowest BCUT2D eigenvalue weighted by atomic mass is 9.82. The fraction of sp³-hybridized carbons (Fsp3) is 0.429. The molecule has 1 aromatic heterocycles. The van der Waals surface area contributed by atoms with Gasteiger partial charge in [-0.2, -0.15) is 11.3 Å². The number of amides is 1. The second-order valence-corrected chi connectivity index (χ2v) is 5.97. The van der Waals surface area contributed by atoms with Crippen molar-refractivity contribution in [2.24, 2.45) is 23.7 Å². The summed E-state index contributed by atoms with van der Waals surface area (Å²) in [7, 11) is 0. The van der Waals surface area contributed by atoms with Crippen LogP contribution in [0.5, 0.6) is 0 Å². The van der Waals surface area contributed by atoms with Gasteiger partial charge in [0.2, 0.25) is 5.91 Å². The molecule has 2 N–H and O–H groups in total. The van der Waals surface area contributed by atoms with Gasteiger partial charge >= 0.3 is 5.97 Å². The van der Waals surface area contributed by atoms with E-state index in [9.17, 15) is 14.7 Å². The van der Waals surface area contributed by atoms with E-state index in [1.54, 1.807) is 11.3 Å². The van der Waals surface area contributed by atoms with Crippen LogP contribution in [0.25, 0.3) is 0 Å². The highest BCUT2D eigenvalue weighted by Gasteiger charge is 2.51. The summed E-state index contributed by atoms with van der Waals surface area (Å²) < 4.78 is 0. The number of carboxylic acid groups (broad SMARTS) is 1. The molecule has 4 atom stereocenters. The molecule has 0 aromatic carbocycles. The predicted octanol–water partition coefficient (Wildman–Crippen LogP) is 1.89. The molecule has 0 aliphatic heterocycles. The van der Waals surface area contributed by atoms with E-state index in [2.05, 4.69) is 5.32 Å². The minimum absolute atomic E-state index is 0.0272. The van der Waals surface area contributed by atoms with Crippen molar-refractivity contribution in [1.29, 1.82) is 0 Å². The lowest BCUT2D eigenvalue weighted by Gasteiger charge is -2.23. The van der Waals surface area contributed by atoms with E-state index in [1.807, 2.05) is 29.0 Å². The summed E-state index contributed by atoms with van der Waals surface area (Å²) in [6.07, 6.45) is 4.75. The van der Waals surface area contributed by atoms with Crippen LogP contribution in [0.15, 0.2) is 29.0 Å². The Kier molecular flexibility index (Phi) is 3.14. The summed E-state index contributed by atoms with van der Waals surface area (Å²) in [6.45, 7) is 0.478. The maximum Gasteiger partial charge on any atom is 0.307 e. The first-order valence-electron chi connectivity index (χ1n) is 6.36. The van der Waals surface area contributed by atoms with Crippen molar-refractivity contribution in [3.8, 4) is 0 Å². The van der Waals surface area contributed by atoms with E-state index in [0.717, 1.165) is 12.0 Å². The van der Waals surface area contributed by atoms with Crippen molar-refractivity contribution < 1.29 is 14.7 Å². The normalized spacial score (nSPS) is 31.6. The number of fused-ring (bicyclic) bond motifs is 2. The third kappa shape index (κ3) is 2.18. The highest BCUT2D eigenvalue weighted by atomic mass is 32.1. The van der Waals surface area contributed by atoms with Gasteiger partial charge in [0.25, 0.3) is 0 Å². The molecule has 1 aromatic rings. The Morgan fingerprint density at radius 2 is 2.05 bits per heavy atom. The Morgan fingerprint density at radius 1 is 1.32 bits per heavy atom. The third-order valence-corrected chi connectivity index (χ3v) is 4.83. The zero-order valence-electron chi connectivity index (χ0n) is 10.3. The second-order valence-electron chi connectivity index (χ2n) is 5.19. The predicted molar refractivity (Wildman–Crippen MR) is 71.5 cm³/mol. The number of allylic oxidation sites excluding steroid dienone is 2. The molecule has 4 nitrogen and oxygen atoms in total. The van der Waals surface area contributed by atoms with E-state index in [-0.39, 0.29) is 17.7 Å². The van der Waals surface area contributed by atoms with Crippen LogP contribution in [0.2, 0.25) is 0 Å². The molecule has 3 rings (SSSR count). The molecule has 19 heavy (non-hydrogen) atoms. The largest absolute Gasteiger partial charge is 0.481 e. The van der Waals surface area contributed by atoms with Gasteiger partial charge in [-0.1, -0.05) is 12.2 Å². The van der Waals surface area contributed by atoms with E-state index >= 15 is 0 Å². The molecule has 1 heterocycles. The van der Waals surface area contributed by atoms with Crippen molar-refractivity contribution in [3.63, 3.8) is 0 Å². The first-order valence-corrected chi connectivity index (χ1v) is 7.31. The summed E-state index contributed by atoms with van der Waals surface area (Å²) in [5.74, 6) is -1.83. The molecule has 1 fully saturated rings. The fourth-order valence-electron chi connectivity index (χ4n) is 3.22. The number of hydrogen-bond donors (Lipinski definition) is 2. The van der Waals surface area contributed by atoms with E-state index in [4.69, 9.17) is 0 Å². The van der Waals surface area contributed by atoms with Crippen molar-refractivity contribution in [3.05, 3.63) is 34.5 Å². The third-order valence-electron chi connectivity index (χ3n) is 4.09. The molecular weight excluding hydrogens is 262 g/mol. The van der Waals surface area contributed by atoms with Gasteiger partial charge in [-0.3, -0.25) is 9.59 Å². The Balaban J connectivity index is 1.68. The summed E-state index contributed by atoms with van der Waals surface area (Å²) in [5.41, 5.74) is 1.06. The van der Waals surface area contributed by atoms with Gasteiger partial charge in [-0.25, -0.2) is 0 Å². The molecule has 2 bridgehead atoms. The Bertz CT molecular complexity index is 523. The lowest BCUT2D eigenvalue weighted by Crippen LogP contribution is -2.39. The molecule has 5 heteroatoms. The molecule has 4 unspecified atom stereocenters. The van der Waals surface area contributed by atoms with Crippen molar-refractivity contribution >= 4 is 23.2 Å². The molecule has 0 radical (unpaired) electrons. The van der Waals surface area contributed by atoms with Crippen LogP contribution in [0.4, 0.5) is 0 Å². The number of nitrogens with one attached hydrogen (secondary N) is 1. The van der Waals surface area contributed by atoms with Gasteiger partial charge in [0.15, 0.2) is 0 Å². The molecule has 0 saturated heterocycles. The number of carboxylic acids is 1. The molecule has 100 valence electrons. The Labute approximate surface area is 115 Å². The number of rotatable bonds is 4. The van der Waals surface area contributed by atoms with E-state index in [0.29, 0.717) is 6.54 Å². The first-order chi connectivity index (χ1) is 9.16.